The van der Waals surface area contributed by atoms with Crippen molar-refractivity contribution in [3.63, 3.8) is 0 Å². The predicted octanol–water partition coefficient (Wildman–Crippen LogP) is 3.54. The van der Waals surface area contributed by atoms with Crippen LogP contribution in [0.3, 0.4) is 0 Å². The summed E-state index contributed by atoms with van der Waals surface area (Å²) in [5.41, 5.74) is 0.867. The SMILES string of the molecule is CCC(C)c1cc(S(=O)(=O)Cl)ccc1OCCCOC. The fourth-order valence-electron chi connectivity index (χ4n) is 1.80. The van der Waals surface area contributed by atoms with Crippen LogP contribution in [0, 0.1) is 0 Å². The summed E-state index contributed by atoms with van der Waals surface area (Å²) in [6.45, 7) is 5.24. The minimum atomic E-state index is -3.72. The van der Waals surface area contributed by atoms with Gasteiger partial charge in [0.1, 0.15) is 5.75 Å². The summed E-state index contributed by atoms with van der Waals surface area (Å²) >= 11 is 0. The molecule has 0 aliphatic heterocycles. The van der Waals surface area contributed by atoms with Gasteiger partial charge in [0, 0.05) is 30.8 Å². The van der Waals surface area contributed by atoms with Gasteiger partial charge < -0.3 is 9.47 Å². The first-order valence-corrected chi connectivity index (χ1v) is 8.91. The Morgan fingerprint density at radius 1 is 1.30 bits per heavy atom. The molecule has 20 heavy (non-hydrogen) atoms. The van der Waals surface area contributed by atoms with Gasteiger partial charge in [-0.1, -0.05) is 13.8 Å². The number of halogens is 1. The maximum Gasteiger partial charge on any atom is 0.261 e. The monoisotopic (exact) mass is 320 g/mol. The van der Waals surface area contributed by atoms with Crippen molar-refractivity contribution in [2.75, 3.05) is 20.3 Å². The Hall–Kier alpha value is -0.780. The lowest BCUT2D eigenvalue weighted by Crippen LogP contribution is -2.05. The van der Waals surface area contributed by atoms with Crippen molar-refractivity contribution in [2.24, 2.45) is 0 Å². The predicted molar refractivity (Wildman–Crippen MR) is 80.2 cm³/mol. The molecule has 1 aromatic carbocycles. The molecule has 0 spiro atoms. The highest BCUT2D eigenvalue weighted by atomic mass is 35.7. The summed E-state index contributed by atoms with van der Waals surface area (Å²) < 4.78 is 33.5. The zero-order chi connectivity index (χ0) is 15.2. The molecule has 0 saturated heterocycles. The van der Waals surface area contributed by atoms with Gasteiger partial charge in [0.25, 0.3) is 9.05 Å². The molecule has 0 aliphatic rings. The summed E-state index contributed by atoms with van der Waals surface area (Å²) in [6, 6.07) is 4.74. The third-order valence-electron chi connectivity index (χ3n) is 3.16. The molecule has 0 saturated carbocycles. The van der Waals surface area contributed by atoms with E-state index in [-0.39, 0.29) is 10.8 Å². The van der Waals surface area contributed by atoms with Gasteiger partial charge in [-0.15, -0.1) is 0 Å². The first-order chi connectivity index (χ1) is 9.40. The third-order valence-corrected chi connectivity index (χ3v) is 4.51. The van der Waals surface area contributed by atoms with Crippen molar-refractivity contribution in [1.29, 1.82) is 0 Å². The summed E-state index contributed by atoms with van der Waals surface area (Å²) in [5, 5.41) is 0. The van der Waals surface area contributed by atoms with E-state index < -0.39 is 9.05 Å². The minimum Gasteiger partial charge on any atom is -0.493 e. The second-order valence-corrected chi connectivity index (χ2v) is 7.21. The first kappa shape index (κ1) is 17.3. The highest BCUT2D eigenvalue weighted by Crippen LogP contribution is 2.32. The fourth-order valence-corrected chi connectivity index (χ4v) is 2.59. The minimum absolute atomic E-state index is 0.110. The normalized spacial score (nSPS) is 13.2. The molecule has 1 rings (SSSR count). The van der Waals surface area contributed by atoms with Crippen LogP contribution in [-0.4, -0.2) is 28.7 Å². The van der Waals surface area contributed by atoms with E-state index in [4.69, 9.17) is 20.2 Å². The average molecular weight is 321 g/mol. The molecule has 0 radical (unpaired) electrons. The molecule has 0 aliphatic carbocycles. The summed E-state index contributed by atoms with van der Waals surface area (Å²) in [7, 11) is 3.32. The van der Waals surface area contributed by atoms with Crippen LogP contribution >= 0.6 is 10.7 Å². The average Bonchev–Trinajstić information content (AvgIpc) is 2.41. The van der Waals surface area contributed by atoms with Gasteiger partial charge >= 0.3 is 0 Å². The van der Waals surface area contributed by atoms with E-state index in [1.165, 1.54) is 6.07 Å². The number of ether oxygens (including phenoxy) is 2. The topological polar surface area (TPSA) is 52.6 Å². The Kier molecular flexibility index (Phi) is 6.79. The molecule has 0 bridgehead atoms. The van der Waals surface area contributed by atoms with E-state index in [1.807, 2.05) is 13.8 Å². The molecule has 0 fully saturated rings. The largest absolute Gasteiger partial charge is 0.493 e. The van der Waals surface area contributed by atoms with Crippen LogP contribution < -0.4 is 4.74 Å². The molecule has 114 valence electrons. The standard InChI is InChI=1S/C14H21ClO4S/c1-4-11(2)13-10-12(20(15,16)17)6-7-14(13)19-9-5-8-18-3/h6-7,10-11H,4-5,8-9H2,1-3H3. The van der Waals surface area contributed by atoms with E-state index >= 15 is 0 Å². The zero-order valence-electron chi connectivity index (χ0n) is 12.1. The molecule has 6 heteroatoms. The van der Waals surface area contributed by atoms with E-state index in [9.17, 15) is 8.42 Å². The highest BCUT2D eigenvalue weighted by molar-refractivity contribution is 8.13. The maximum absolute atomic E-state index is 11.4. The fraction of sp³-hybridized carbons (Fsp3) is 0.571. The van der Waals surface area contributed by atoms with Crippen molar-refractivity contribution >= 4 is 19.7 Å². The van der Waals surface area contributed by atoms with Crippen LogP contribution in [0.15, 0.2) is 23.1 Å². The van der Waals surface area contributed by atoms with Crippen molar-refractivity contribution in [1.82, 2.24) is 0 Å². The Labute approximate surface area is 125 Å². The van der Waals surface area contributed by atoms with Crippen molar-refractivity contribution in [3.8, 4) is 5.75 Å². The molecule has 0 N–H and O–H groups in total. The highest BCUT2D eigenvalue weighted by Gasteiger charge is 2.16. The molecule has 0 aromatic heterocycles. The van der Waals surface area contributed by atoms with Crippen molar-refractivity contribution < 1.29 is 17.9 Å². The zero-order valence-corrected chi connectivity index (χ0v) is 13.6. The first-order valence-electron chi connectivity index (χ1n) is 6.60. The van der Waals surface area contributed by atoms with E-state index in [0.717, 1.165) is 18.4 Å². The van der Waals surface area contributed by atoms with Crippen LogP contribution in [0.4, 0.5) is 0 Å². The molecule has 1 unspecified atom stereocenters. The van der Waals surface area contributed by atoms with Crippen LogP contribution in [0.5, 0.6) is 5.75 Å². The van der Waals surface area contributed by atoms with Gasteiger partial charge in [-0.2, -0.15) is 0 Å². The molecule has 4 nitrogen and oxygen atoms in total. The number of methoxy groups -OCH3 is 1. The Bertz CT molecular complexity index is 528. The molecular weight excluding hydrogens is 300 g/mol. The second kappa shape index (κ2) is 7.86. The molecule has 0 heterocycles. The lowest BCUT2D eigenvalue weighted by atomic mass is 9.98. The van der Waals surface area contributed by atoms with Crippen molar-refractivity contribution in [2.45, 2.75) is 37.5 Å². The van der Waals surface area contributed by atoms with E-state index in [2.05, 4.69) is 0 Å². The van der Waals surface area contributed by atoms with Gasteiger partial charge in [-0.3, -0.25) is 0 Å². The molecule has 1 aromatic rings. The lowest BCUT2D eigenvalue weighted by Gasteiger charge is -2.16. The number of benzene rings is 1. The third kappa shape index (κ3) is 4.96. The summed E-state index contributed by atoms with van der Waals surface area (Å²) in [4.78, 5) is 0.110. The number of hydrogen-bond acceptors (Lipinski definition) is 4. The summed E-state index contributed by atoms with van der Waals surface area (Å²) in [6.07, 6.45) is 1.67. The van der Waals surface area contributed by atoms with Gasteiger partial charge in [0.2, 0.25) is 0 Å². The molecule has 1 atom stereocenters. The Morgan fingerprint density at radius 3 is 2.55 bits per heavy atom. The van der Waals surface area contributed by atoms with Crippen LogP contribution in [0.1, 0.15) is 38.2 Å². The number of rotatable bonds is 8. The van der Waals surface area contributed by atoms with Gasteiger partial charge in [-0.25, -0.2) is 8.42 Å². The van der Waals surface area contributed by atoms with Crippen LogP contribution in [0.25, 0.3) is 0 Å². The van der Waals surface area contributed by atoms with Crippen LogP contribution in [-0.2, 0) is 13.8 Å². The van der Waals surface area contributed by atoms with E-state index in [1.54, 1.807) is 19.2 Å². The molecule has 0 amide bonds. The Morgan fingerprint density at radius 2 is 2.00 bits per heavy atom. The van der Waals surface area contributed by atoms with Crippen molar-refractivity contribution in [3.05, 3.63) is 23.8 Å². The Balaban J connectivity index is 2.98. The lowest BCUT2D eigenvalue weighted by molar-refractivity contribution is 0.171. The number of hydrogen-bond donors (Lipinski definition) is 0. The second-order valence-electron chi connectivity index (χ2n) is 4.64. The molecular formula is C14H21ClO4S. The maximum atomic E-state index is 11.4. The quantitative estimate of drug-likeness (QED) is 0.543. The van der Waals surface area contributed by atoms with E-state index in [0.29, 0.717) is 19.0 Å². The van der Waals surface area contributed by atoms with Crippen LogP contribution in [0.2, 0.25) is 0 Å². The summed E-state index contributed by atoms with van der Waals surface area (Å²) in [5.74, 6) is 0.908. The smallest absolute Gasteiger partial charge is 0.261 e. The van der Waals surface area contributed by atoms with Gasteiger partial charge in [-0.05, 0) is 36.1 Å². The van der Waals surface area contributed by atoms with Gasteiger partial charge in [0.15, 0.2) is 0 Å². The van der Waals surface area contributed by atoms with Gasteiger partial charge in [0.05, 0.1) is 11.5 Å².